The van der Waals surface area contributed by atoms with Crippen molar-refractivity contribution < 1.29 is 17.4 Å². The fraction of sp³-hybridized carbons (Fsp3) is 0.222. The Morgan fingerprint density at radius 2 is 1.28 bits per heavy atom. The van der Waals surface area contributed by atoms with Gasteiger partial charge in [-0.2, -0.15) is 0 Å². The first-order valence-electron chi connectivity index (χ1n) is 14.1. The zero-order valence-corrected chi connectivity index (χ0v) is 28.3. The molecule has 6 rings (SSSR count). The summed E-state index contributed by atoms with van der Waals surface area (Å²) < 4.78 is 6.27. The quantitative estimate of drug-likeness (QED) is 0.194. The summed E-state index contributed by atoms with van der Waals surface area (Å²) in [6, 6.07) is 33.0. The predicted molar refractivity (Wildman–Crippen MR) is 171 cm³/mol. The van der Waals surface area contributed by atoms with Crippen LogP contribution in [0.4, 0.5) is 0 Å². The first-order valence-corrected chi connectivity index (χ1v) is 28.2. The molecule has 0 fully saturated rings. The van der Waals surface area contributed by atoms with Gasteiger partial charge in [0.2, 0.25) is 0 Å². The van der Waals surface area contributed by atoms with Gasteiger partial charge in [-0.3, -0.25) is 0 Å². The van der Waals surface area contributed by atoms with Gasteiger partial charge >= 0.3 is 243 Å². The van der Waals surface area contributed by atoms with E-state index < -0.39 is 17.4 Å². The van der Waals surface area contributed by atoms with Crippen LogP contribution in [-0.4, -0.2) is 6.88 Å². The molecule has 0 radical (unpaired) electrons. The SMILES string of the molecule is CC1=Cc2c(-c3ccccc3)ccc(Cl)c2[CH]1[Zr]([CH3])([CH3])(=[SiH2])[CH]1C(C(C)C)=Cc2c(-c3ccccc3)cccc21. The van der Waals surface area contributed by atoms with Crippen LogP contribution in [0.3, 0.4) is 0 Å². The first-order chi connectivity index (χ1) is 18.6. The van der Waals surface area contributed by atoms with Crippen LogP contribution in [0, 0.1) is 5.92 Å². The third-order valence-electron chi connectivity index (χ3n) is 9.18. The summed E-state index contributed by atoms with van der Waals surface area (Å²) in [5.74, 6) is 0.486. The number of halogens is 1. The van der Waals surface area contributed by atoms with Crippen molar-refractivity contribution in [3.05, 3.63) is 129 Å². The van der Waals surface area contributed by atoms with Gasteiger partial charge in [0.05, 0.1) is 0 Å². The molecule has 2 aliphatic carbocycles. The van der Waals surface area contributed by atoms with Crippen molar-refractivity contribution >= 4 is 30.6 Å². The second-order valence-corrected chi connectivity index (χ2v) is 43.8. The van der Waals surface area contributed by atoms with Crippen molar-refractivity contribution in [3.63, 3.8) is 0 Å². The van der Waals surface area contributed by atoms with Gasteiger partial charge in [0.15, 0.2) is 0 Å². The molecule has 2 aliphatic rings. The Balaban J connectivity index is 1.57. The van der Waals surface area contributed by atoms with Crippen LogP contribution in [0.25, 0.3) is 34.4 Å². The number of benzene rings is 4. The molecule has 0 nitrogen and oxygen atoms in total. The van der Waals surface area contributed by atoms with E-state index in [-0.39, 0.29) is 0 Å². The second-order valence-electron chi connectivity index (χ2n) is 13.0. The molecule has 0 aliphatic heterocycles. The summed E-state index contributed by atoms with van der Waals surface area (Å²) in [6.07, 6.45) is 5.01. The fourth-order valence-corrected chi connectivity index (χ4v) is 28.7. The number of hydrogen-bond acceptors (Lipinski definition) is 0. The van der Waals surface area contributed by atoms with E-state index >= 15 is 0 Å². The van der Waals surface area contributed by atoms with Crippen molar-refractivity contribution in [2.45, 2.75) is 37.3 Å². The molecule has 0 N–H and O–H groups in total. The number of rotatable bonds is 5. The van der Waals surface area contributed by atoms with E-state index in [1.807, 2.05) is 0 Å². The molecular formula is C36H37ClSiZr. The predicted octanol–water partition coefficient (Wildman–Crippen LogP) is 10.3. The molecule has 2 unspecified atom stereocenters. The van der Waals surface area contributed by atoms with Crippen molar-refractivity contribution in [2.75, 3.05) is 0 Å². The van der Waals surface area contributed by atoms with E-state index in [1.54, 1.807) is 5.57 Å². The average Bonchev–Trinajstić information content (AvgIpc) is 3.50. The minimum atomic E-state index is -3.70. The molecule has 0 bridgehead atoms. The Morgan fingerprint density at radius 3 is 1.87 bits per heavy atom. The standard InChI is InChI=1S/C18H17.C16H12Cl.2CH3.H2Si.Zr/c1-13(2)16-11-15-9-6-10-17(18(15)12-16)14-7-4-3-5-8-14;1-11-9-14-13(12-5-3-2-4-6-12)7-8-16(17)15(14)10-11;;;;/h3-13H,1-2H3;2-10H,1H3;2*1H3;1H2;. The molecule has 39 heavy (non-hydrogen) atoms. The van der Waals surface area contributed by atoms with Gasteiger partial charge in [-0.15, -0.1) is 0 Å². The Bertz CT molecular complexity index is 1720. The third-order valence-corrected chi connectivity index (χ3v) is 27.1. The normalized spacial score (nSPS) is 18.6. The van der Waals surface area contributed by atoms with Crippen molar-refractivity contribution in [2.24, 2.45) is 5.92 Å². The Kier molecular flexibility index (Phi) is 6.69. The zero-order valence-electron chi connectivity index (χ0n) is 23.6. The van der Waals surface area contributed by atoms with Crippen LogP contribution in [0.15, 0.2) is 102 Å². The average molecular weight is 624 g/mol. The van der Waals surface area contributed by atoms with Gasteiger partial charge in [-0.05, 0) is 0 Å². The van der Waals surface area contributed by atoms with Crippen LogP contribution >= 0.6 is 11.6 Å². The molecule has 0 aromatic heterocycles. The third kappa shape index (κ3) is 4.35. The second kappa shape index (κ2) is 9.69. The van der Waals surface area contributed by atoms with Crippen molar-refractivity contribution in [3.8, 4) is 22.3 Å². The molecule has 2 atom stereocenters. The molecule has 3 heteroatoms. The van der Waals surface area contributed by atoms with Crippen molar-refractivity contribution in [1.29, 1.82) is 0 Å². The van der Waals surface area contributed by atoms with Gasteiger partial charge in [0, 0.05) is 0 Å². The molecular weight excluding hydrogens is 587 g/mol. The molecule has 0 spiro atoms. The Hall–Kier alpha value is -2.25. The molecule has 0 heterocycles. The monoisotopic (exact) mass is 622 g/mol. The summed E-state index contributed by atoms with van der Waals surface area (Å²) in [5.41, 5.74) is 14.0. The molecule has 0 saturated heterocycles. The van der Waals surface area contributed by atoms with Gasteiger partial charge < -0.3 is 0 Å². The Labute approximate surface area is 241 Å². The Morgan fingerprint density at radius 1 is 0.692 bits per heavy atom. The van der Waals surface area contributed by atoms with Gasteiger partial charge in [-0.1, -0.05) is 0 Å². The maximum absolute atomic E-state index is 7.16. The molecule has 4 aromatic rings. The number of hydrogen-bond donors (Lipinski definition) is 0. The minimum absolute atomic E-state index is 0.398. The van der Waals surface area contributed by atoms with E-state index in [1.165, 1.54) is 50.1 Å². The van der Waals surface area contributed by atoms with E-state index in [0.29, 0.717) is 13.2 Å². The summed E-state index contributed by atoms with van der Waals surface area (Å²) in [5, 5.41) is 0.921. The molecule has 0 saturated carbocycles. The topological polar surface area (TPSA) is 0 Å². The van der Waals surface area contributed by atoms with E-state index in [9.17, 15) is 0 Å². The fourth-order valence-electron chi connectivity index (χ4n) is 7.71. The van der Waals surface area contributed by atoms with Crippen LogP contribution in [0.1, 0.15) is 50.3 Å². The van der Waals surface area contributed by atoms with E-state index in [2.05, 4.69) is 140 Å². The van der Waals surface area contributed by atoms with Gasteiger partial charge in [-0.25, -0.2) is 0 Å². The summed E-state index contributed by atoms with van der Waals surface area (Å²) >= 11 is 3.45. The number of allylic oxidation sites excluding steroid dienone is 2. The summed E-state index contributed by atoms with van der Waals surface area (Å²) in [4.78, 5) is 0. The van der Waals surface area contributed by atoms with E-state index in [4.69, 9.17) is 11.6 Å². The summed E-state index contributed by atoms with van der Waals surface area (Å²) in [7, 11) is 0. The maximum atomic E-state index is 7.16. The molecule has 0 amide bonds. The van der Waals surface area contributed by atoms with Crippen LogP contribution < -0.4 is 0 Å². The first kappa shape index (κ1) is 26.9. The zero-order chi connectivity index (χ0) is 27.6. The molecule has 196 valence electrons. The number of fused-ring (bicyclic) bond motifs is 2. The van der Waals surface area contributed by atoms with Crippen LogP contribution in [0.5, 0.6) is 0 Å². The van der Waals surface area contributed by atoms with Crippen molar-refractivity contribution in [1.82, 2.24) is 0 Å². The van der Waals surface area contributed by atoms with Crippen LogP contribution in [-0.2, 0) is 17.4 Å². The molecule has 4 aromatic carbocycles. The van der Waals surface area contributed by atoms with E-state index in [0.717, 1.165) is 5.02 Å². The van der Waals surface area contributed by atoms with Gasteiger partial charge in [0.1, 0.15) is 0 Å². The van der Waals surface area contributed by atoms with Crippen LogP contribution in [0.2, 0.25) is 14.3 Å². The summed E-state index contributed by atoms with van der Waals surface area (Å²) in [6.45, 7) is 9.52. The van der Waals surface area contributed by atoms with Gasteiger partial charge in [0.25, 0.3) is 0 Å².